The van der Waals surface area contributed by atoms with Crippen molar-refractivity contribution in [1.82, 2.24) is 9.88 Å². The second-order valence-corrected chi connectivity index (χ2v) is 8.75. The Bertz CT molecular complexity index is 1090. The molecule has 0 saturated carbocycles. The zero-order valence-electron chi connectivity index (χ0n) is 18.0. The zero-order chi connectivity index (χ0) is 25.8. The van der Waals surface area contributed by atoms with E-state index in [-0.39, 0.29) is 51.8 Å². The van der Waals surface area contributed by atoms with Gasteiger partial charge in [0.2, 0.25) is 5.91 Å². The van der Waals surface area contributed by atoms with Gasteiger partial charge in [0, 0.05) is 25.7 Å². The molecule has 1 aliphatic rings. The summed E-state index contributed by atoms with van der Waals surface area (Å²) in [7, 11) is 0. The van der Waals surface area contributed by atoms with Gasteiger partial charge in [-0.1, -0.05) is 41.4 Å². The molecule has 1 amide bonds. The number of aromatic hydroxyl groups is 2. The fraction of sp³-hybridized carbons (Fsp3) is 0.364. The number of carbonyl (C=O) groups is 1. The van der Waals surface area contributed by atoms with E-state index in [0.717, 1.165) is 12.3 Å². The standard InChI is InChI=1S/C19H16Cl3F3N2O3.C3H6O/c20-12-6-9(19(23,24)25)7-26-13(12)2-1-3-14(28)27-5-4-10-11(8-27)16(22)18(30)17(29)15(10)21;1-3(2)4/h6-7,29-30H,1-5,8H2;4H,1H2,2H3. The summed E-state index contributed by atoms with van der Waals surface area (Å²) in [4.78, 5) is 17.9. The molecule has 0 aliphatic carbocycles. The summed E-state index contributed by atoms with van der Waals surface area (Å²) < 4.78 is 38.0. The van der Waals surface area contributed by atoms with Crippen molar-refractivity contribution in [2.75, 3.05) is 6.54 Å². The first-order valence-electron chi connectivity index (χ1n) is 9.98. The summed E-state index contributed by atoms with van der Waals surface area (Å²) in [6, 6.07) is 0.820. The number of amides is 1. The Labute approximate surface area is 209 Å². The molecule has 2 heterocycles. The van der Waals surface area contributed by atoms with Crippen LogP contribution in [0.2, 0.25) is 15.1 Å². The second kappa shape index (κ2) is 11.4. The zero-order valence-corrected chi connectivity index (χ0v) is 20.3. The number of carbonyl (C=O) groups excluding carboxylic acids is 1. The highest BCUT2D eigenvalue weighted by Crippen LogP contribution is 2.46. The molecule has 12 heteroatoms. The van der Waals surface area contributed by atoms with Crippen molar-refractivity contribution >= 4 is 40.7 Å². The first-order chi connectivity index (χ1) is 15.7. The second-order valence-electron chi connectivity index (χ2n) is 7.59. The molecule has 3 N–H and O–H groups in total. The number of phenolic OH excluding ortho intramolecular Hbond substituents is 2. The van der Waals surface area contributed by atoms with Gasteiger partial charge in [-0.15, -0.1) is 0 Å². The van der Waals surface area contributed by atoms with Gasteiger partial charge in [0.1, 0.15) is 0 Å². The monoisotopic (exact) mass is 540 g/mol. The average Bonchev–Trinajstić information content (AvgIpc) is 2.75. The van der Waals surface area contributed by atoms with Crippen LogP contribution < -0.4 is 0 Å². The van der Waals surface area contributed by atoms with Gasteiger partial charge in [-0.25, -0.2) is 0 Å². The van der Waals surface area contributed by atoms with Crippen LogP contribution in [0.4, 0.5) is 13.2 Å². The number of alkyl halides is 3. The Morgan fingerprint density at radius 2 is 1.74 bits per heavy atom. The van der Waals surface area contributed by atoms with Crippen molar-refractivity contribution in [3.05, 3.63) is 62.1 Å². The largest absolute Gasteiger partial charge is 0.513 e. The molecule has 0 bridgehead atoms. The van der Waals surface area contributed by atoms with Crippen LogP contribution in [-0.2, 0) is 30.4 Å². The van der Waals surface area contributed by atoms with Gasteiger partial charge in [-0.3, -0.25) is 9.78 Å². The number of nitrogens with zero attached hydrogens (tertiary/aromatic N) is 2. The van der Waals surface area contributed by atoms with Gasteiger partial charge in [-0.05, 0) is 43.4 Å². The maximum atomic E-state index is 12.7. The molecule has 0 unspecified atom stereocenters. The fourth-order valence-corrected chi connectivity index (χ4v) is 4.11. The molecule has 0 spiro atoms. The minimum atomic E-state index is -4.52. The number of aromatic nitrogens is 1. The number of benzene rings is 1. The van der Waals surface area contributed by atoms with Gasteiger partial charge in [0.15, 0.2) is 11.5 Å². The molecular formula is C22H22Cl3F3N2O4. The SMILES string of the molecule is C=C(C)O.O=C(CCCc1ncc(C(F)(F)F)cc1Cl)N1CCc2c(Cl)c(O)c(O)c(Cl)c2C1. The summed E-state index contributed by atoms with van der Waals surface area (Å²) in [6.07, 6.45) is -2.73. The number of aliphatic hydroxyl groups is 1. The molecule has 0 fully saturated rings. The minimum Gasteiger partial charge on any atom is -0.513 e. The van der Waals surface area contributed by atoms with E-state index < -0.39 is 23.2 Å². The number of aliphatic hydroxyl groups excluding tert-OH is 1. The number of pyridine rings is 1. The lowest BCUT2D eigenvalue weighted by Gasteiger charge is -2.30. The lowest BCUT2D eigenvalue weighted by atomic mass is 9.98. The maximum absolute atomic E-state index is 12.7. The quantitative estimate of drug-likeness (QED) is 0.305. The summed E-state index contributed by atoms with van der Waals surface area (Å²) in [6.45, 7) is 5.12. The topological polar surface area (TPSA) is 93.9 Å². The van der Waals surface area contributed by atoms with Gasteiger partial charge < -0.3 is 20.2 Å². The molecule has 0 saturated heterocycles. The fourth-order valence-electron chi connectivity index (χ4n) is 3.28. The molecule has 0 atom stereocenters. The Kier molecular flexibility index (Phi) is 9.33. The minimum absolute atomic E-state index is 0.0158. The van der Waals surface area contributed by atoms with Crippen LogP contribution in [0.3, 0.4) is 0 Å². The summed E-state index contributed by atoms with van der Waals surface area (Å²) in [5.41, 5.74) is 0.423. The Balaban J connectivity index is 0.000000945. The number of halogens is 6. The molecule has 0 radical (unpaired) electrons. The van der Waals surface area contributed by atoms with Crippen molar-refractivity contribution in [2.45, 2.75) is 45.3 Å². The molecule has 1 aliphatic heterocycles. The lowest BCUT2D eigenvalue weighted by Crippen LogP contribution is -2.36. The van der Waals surface area contributed by atoms with Gasteiger partial charge >= 0.3 is 6.18 Å². The highest BCUT2D eigenvalue weighted by Gasteiger charge is 2.32. The van der Waals surface area contributed by atoms with Crippen LogP contribution in [0, 0.1) is 0 Å². The molecule has 34 heavy (non-hydrogen) atoms. The maximum Gasteiger partial charge on any atom is 0.417 e. The van der Waals surface area contributed by atoms with Crippen LogP contribution in [-0.4, -0.2) is 37.7 Å². The summed E-state index contributed by atoms with van der Waals surface area (Å²) in [5, 5.41) is 27.4. The van der Waals surface area contributed by atoms with E-state index in [4.69, 9.17) is 39.9 Å². The molecule has 2 aromatic rings. The molecule has 6 nitrogen and oxygen atoms in total. The van der Waals surface area contributed by atoms with Crippen LogP contribution >= 0.6 is 34.8 Å². The number of aryl methyl sites for hydroxylation is 1. The molecule has 186 valence electrons. The number of rotatable bonds is 4. The van der Waals surface area contributed by atoms with Crippen molar-refractivity contribution in [2.24, 2.45) is 0 Å². The molecule has 1 aromatic carbocycles. The van der Waals surface area contributed by atoms with Crippen LogP contribution in [0.1, 0.15) is 42.1 Å². The van der Waals surface area contributed by atoms with E-state index in [2.05, 4.69) is 11.6 Å². The van der Waals surface area contributed by atoms with E-state index in [1.165, 1.54) is 6.92 Å². The van der Waals surface area contributed by atoms with E-state index in [1.807, 2.05) is 0 Å². The van der Waals surface area contributed by atoms with Gasteiger partial charge in [0.25, 0.3) is 0 Å². The Morgan fingerprint density at radius 1 is 1.18 bits per heavy atom. The number of allylic oxidation sites excluding steroid dienone is 1. The highest BCUT2D eigenvalue weighted by molar-refractivity contribution is 6.36. The Hall–Kier alpha value is -2.36. The first kappa shape index (κ1) is 27.9. The van der Waals surface area contributed by atoms with Crippen molar-refractivity contribution in [3.63, 3.8) is 0 Å². The smallest absolute Gasteiger partial charge is 0.417 e. The van der Waals surface area contributed by atoms with Gasteiger partial charge in [0.05, 0.1) is 32.1 Å². The first-order valence-corrected chi connectivity index (χ1v) is 11.1. The molecule has 1 aromatic heterocycles. The number of fused-ring (bicyclic) bond motifs is 1. The number of phenols is 2. The number of hydrogen-bond acceptors (Lipinski definition) is 5. The normalized spacial score (nSPS) is 13.1. The van der Waals surface area contributed by atoms with Crippen molar-refractivity contribution < 1.29 is 33.3 Å². The van der Waals surface area contributed by atoms with Crippen molar-refractivity contribution in [3.8, 4) is 11.5 Å². The van der Waals surface area contributed by atoms with Crippen molar-refractivity contribution in [1.29, 1.82) is 0 Å². The van der Waals surface area contributed by atoms with Crippen LogP contribution in [0.15, 0.2) is 24.6 Å². The predicted octanol–water partition coefficient (Wildman–Crippen LogP) is 6.46. The molecule has 3 rings (SSSR count). The third-order valence-corrected chi connectivity index (χ3v) is 6.06. The summed E-state index contributed by atoms with van der Waals surface area (Å²) >= 11 is 18.0. The van der Waals surface area contributed by atoms with Gasteiger partial charge in [-0.2, -0.15) is 13.2 Å². The van der Waals surface area contributed by atoms with E-state index in [1.54, 1.807) is 4.90 Å². The summed E-state index contributed by atoms with van der Waals surface area (Å²) in [5.74, 6) is -1.04. The predicted molar refractivity (Wildman–Crippen MR) is 124 cm³/mol. The molecular weight excluding hydrogens is 520 g/mol. The van der Waals surface area contributed by atoms with E-state index in [9.17, 15) is 28.2 Å². The third kappa shape index (κ3) is 6.84. The lowest BCUT2D eigenvalue weighted by molar-refractivity contribution is -0.137. The third-order valence-electron chi connectivity index (χ3n) is 4.92. The number of hydrogen-bond donors (Lipinski definition) is 3. The van der Waals surface area contributed by atoms with Crippen LogP contribution in [0.5, 0.6) is 11.5 Å². The van der Waals surface area contributed by atoms with Crippen LogP contribution in [0.25, 0.3) is 0 Å². The van der Waals surface area contributed by atoms with E-state index >= 15 is 0 Å². The van der Waals surface area contributed by atoms with E-state index in [0.29, 0.717) is 30.5 Å². The Morgan fingerprint density at radius 3 is 2.26 bits per heavy atom. The average molecular weight is 542 g/mol. The highest BCUT2D eigenvalue weighted by atomic mass is 35.5.